The molecule has 0 aromatic heterocycles. The van der Waals surface area contributed by atoms with Crippen LogP contribution in [-0.4, -0.2) is 49.0 Å². The van der Waals surface area contributed by atoms with Gasteiger partial charge in [-0.3, -0.25) is 9.79 Å². The number of rotatable bonds is 7. The lowest BCUT2D eigenvalue weighted by atomic mass is 10.2. The van der Waals surface area contributed by atoms with Gasteiger partial charge in [0.2, 0.25) is 5.91 Å². The van der Waals surface area contributed by atoms with Crippen LogP contribution in [0.5, 0.6) is 0 Å². The molecule has 1 aliphatic heterocycles. The average Bonchev–Trinajstić information content (AvgIpc) is 2.91. The van der Waals surface area contributed by atoms with Gasteiger partial charge in [-0.25, -0.2) is 0 Å². The Hall–Kier alpha value is -1.26. The van der Waals surface area contributed by atoms with Crippen molar-refractivity contribution < 1.29 is 4.79 Å². The quantitative estimate of drug-likeness (QED) is 0.425. The van der Waals surface area contributed by atoms with Crippen molar-refractivity contribution in [2.75, 3.05) is 26.2 Å². The summed E-state index contributed by atoms with van der Waals surface area (Å²) in [5.41, 5.74) is 0. The summed E-state index contributed by atoms with van der Waals surface area (Å²) in [5.74, 6) is 1.14. The van der Waals surface area contributed by atoms with Gasteiger partial charge >= 0.3 is 0 Å². The fourth-order valence-corrected chi connectivity index (χ4v) is 2.39. The summed E-state index contributed by atoms with van der Waals surface area (Å²) < 4.78 is 0. The van der Waals surface area contributed by atoms with Gasteiger partial charge in [0.15, 0.2) is 5.96 Å². The van der Waals surface area contributed by atoms with E-state index in [0.29, 0.717) is 12.5 Å². The molecule has 1 amide bonds. The number of likely N-dealkylation sites (tertiary alicyclic amines) is 1. The van der Waals surface area contributed by atoms with E-state index in [1.807, 2.05) is 11.8 Å². The highest BCUT2D eigenvalue weighted by Crippen LogP contribution is 2.10. The molecule has 1 heterocycles. The summed E-state index contributed by atoms with van der Waals surface area (Å²) in [5, 5.41) is 6.73. The van der Waals surface area contributed by atoms with E-state index in [2.05, 4.69) is 29.5 Å². The molecule has 2 N–H and O–H groups in total. The Morgan fingerprint density at radius 1 is 1.30 bits per heavy atom. The van der Waals surface area contributed by atoms with Crippen molar-refractivity contribution in [1.29, 1.82) is 0 Å². The van der Waals surface area contributed by atoms with E-state index in [9.17, 15) is 4.79 Å². The Balaban J connectivity index is 2.40. The number of nitrogens with one attached hydrogen (secondary N) is 2. The lowest BCUT2D eigenvalue weighted by molar-refractivity contribution is -0.129. The number of aliphatic imine (C=N–C) groups is 1. The van der Waals surface area contributed by atoms with Crippen LogP contribution >= 0.6 is 0 Å². The van der Waals surface area contributed by atoms with Crippen molar-refractivity contribution in [3.63, 3.8) is 0 Å². The van der Waals surface area contributed by atoms with E-state index < -0.39 is 0 Å². The molecule has 1 fully saturated rings. The molecule has 0 radical (unpaired) electrons. The van der Waals surface area contributed by atoms with Crippen LogP contribution in [0.15, 0.2) is 4.99 Å². The van der Waals surface area contributed by atoms with Crippen molar-refractivity contribution in [1.82, 2.24) is 15.5 Å². The summed E-state index contributed by atoms with van der Waals surface area (Å²) in [6.45, 7) is 9.58. The van der Waals surface area contributed by atoms with E-state index in [0.717, 1.165) is 45.0 Å². The maximum absolute atomic E-state index is 11.7. The van der Waals surface area contributed by atoms with Gasteiger partial charge in [0.1, 0.15) is 0 Å². The number of hydrogen-bond donors (Lipinski definition) is 2. The third-order valence-electron chi connectivity index (χ3n) is 3.56. The van der Waals surface area contributed by atoms with Gasteiger partial charge in [-0.05, 0) is 19.8 Å². The zero-order valence-electron chi connectivity index (χ0n) is 13.2. The molecule has 0 saturated carbocycles. The van der Waals surface area contributed by atoms with Gasteiger partial charge in [-0.2, -0.15) is 0 Å². The minimum absolute atomic E-state index is 0.249. The molecule has 1 rings (SSSR count). The van der Waals surface area contributed by atoms with Gasteiger partial charge in [0.25, 0.3) is 0 Å². The van der Waals surface area contributed by atoms with E-state index in [-0.39, 0.29) is 5.91 Å². The number of carbonyl (C=O) groups excluding carboxylic acids is 1. The molecule has 0 aliphatic carbocycles. The minimum Gasteiger partial charge on any atom is -0.357 e. The molecule has 0 aromatic carbocycles. The molecule has 1 saturated heterocycles. The number of unbranched alkanes of at least 4 members (excludes halogenated alkanes) is 2. The Morgan fingerprint density at radius 3 is 2.75 bits per heavy atom. The normalized spacial score (nSPS) is 19.2. The third kappa shape index (κ3) is 5.80. The highest BCUT2D eigenvalue weighted by atomic mass is 16.2. The first-order valence-electron chi connectivity index (χ1n) is 8.03. The highest BCUT2D eigenvalue weighted by Gasteiger charge is 2.25. The Morgan fingerprint density at radius 2 is 2.10 bits per heavy atom. The molecule has 20 heavy (non-hydrogen) atoms. The third-order valence-corrected chi connectivity index (χ3v) is 3.56. The Kier molecular flexibility index (Phi) is 8.07. The minimum atomic E-state index is 0.249. The van der Waals surface area contributed by atoms with E-state index in [1.165, 1.54) is 12.8 Å². The van der Waals surface area contributed by atoms with Gasteiger partial charge in [0.05, 0.1) is 0 Å². The summed E-state index contributed by atoms with van der Waals surface area (Å²) in [6.07, 6.45) is 5.18. The lowest BCUT2D eigenvalue weighted by Crippen LogP contribution is -2.45. The molecule has 1 unspecified atom stereocenters. The van der Waals surface area contributed by atoms with E-state index in [4.69, 9.17) is 0 Å². The van der Waals surface area contributed by atoms with Gasteiger partial charge in [-0.15, -0.1) is 0 Å². The van der Waals surface area contributed by atoms with Crippen molar-refractivity contribution in [2.24, 2.45) is 4.99 Å². The smallest absolute Gasteiger partial charge is 0.222 e. The van der Waals surface area contributed by atoms with Crippen LogP contribution in [0.1, 0.15) is 52.9 Å². The van der Waals surface area contributed by atoms with Crippen LogP contribution in [-0.2, 0) is 4.79 Å². The molecule has 0 spiro atoms. The number of guanidine groups is 1. The zero-order valence-corrected chi connectivity index (χ0v) is 13.2. The number of amides is 1. The van der Waals surface area contributed by atoms with E-state index in [1.54, 1.807) is 0 Å². The van der Waals surface area contributed by atoms with Crippen molar-refractivity contribution >= 4 is 11.9 Å². The first-order chi connectivity index (χ1) is 9.71. The molecule has 0 bridgehead atoms. The maximum Gasteiger partial charge on any atom is 0.222 e. The fourth-order valence-electron chi connectivity index (χ4n) is 2.39. The maximum atomic E-state index is 11.7. The lowest BCUT2D eigenvalue weighted by Gasteiger charge is -2.18. The molecule has 0 aromatic rings. The Labute approximate surface area is 123 Å². The second kappa shape index (κ2) is 9.61. The predicted octanol–water partition coefficient (Wildman–Crippen LogP) is 1.74. The topological polar surface area (TPSA) is 56.7 Å². The largest absolute Gasteiger partial charge is 0.357 e. The number of hydrogen-bond acceptors (Lipinski definition) is 2. The van der Waals surface area contributed by atoms with Crippen LogP contribution in [0.2, 0.25) is 0 Å². The van der Waals surface area contributed by atoms with Crippen molar-refractivity contribution in [3.8, 4) is 0 Å². The average molecular weight is 282 g/mol. The summed E-state index contributed by atoms with van der Waals surface area (Å²) >= 11 is 0. The fraction of sp³-hybridized carbons (Fsp3) is 0.867. The van der Waals surface area contributed by atoms with Crippen LogP contribution in [0.4, 0.5) is 0 Å². The molecule has 5 nitrogen and oxygen atoms in total. The highest BCUT2D eigenvalue weighted by molar-refractivity contribution is 5.80. The zero-order chi connectivity index (χ0) is 14.8. The monoisotopic (exact) mass is 282 g/mol. The first kappa shape index (κ1) is 16.8. The molecule has 5 heteroatoms. The summed E-state index contributed by atoms with van der Waals surface area (Å²) in [4.78, 5) is 18.2. The first-order valence-corrected chi connectivity index (χ1v) is 8.03. The van der Waals surface area contributed by atoms with Crippen LogP contribution < -0.4 is 10.6 Å². The molecular weight excluding hydrogens is 252 g/mol. The van der Waals surface area contributed by atoms with Crippen LogP contribution in [0.25, 0.3) is 0 Å². The van der Waals surface area contributed by atoms with E-state index >= 15 is 0 Å². The van der Waals surface area contributed by atoms with Crippen molar-refractivity contribution in [3.05, 3.63) is 0 Å². The van der Waals surface area contributed by atoms with Gasteiger partial charge < -0.3 is 15.5 Å². The summed E-state index contributed by atoms with van der Waals surface area (Å²) in [6, 6.07) is 0.328. The standard InChI is InChI=1S/C15H30N4O/c1-4-7-8-10-17-15(16-6-3)18-13-9-11-19(12-13)14(20)5-2/h13H,4-12H2,1-3H3,(H2,16,17,18). The second-order valence-electron chi connectivity index (χ2n) is 5.29. The molecule has 1 atom stereocenters. The molecule has 116 valence electrons. The van der Waals surface area contributed by atoms with Gasteiger partial charge in [-0.1, -0.05) is 26.7 Å². The van der Waals surface area contributed by atoms with Gasteiger partial charge in [0, 0.05) is 38.6 Å². The van der Waals surface area contributed by atoms with Crippen LogP contribution in [0, 0.1) is 0 Å². The number of nitrogens with zero attached hydrogens (tertiary/aromatic N) is 2. The second-order valence-corrected chi connectivity index (χ2v) is 5.29. The number of carbonyl (C=O) groups is 1. The molecular formula is C15H30N4O. The SMILES string of the molecule is CCCCCN=C(NCC)NC1CCN(C(=O)CC)C1. The predicted molar refractivity (Wildman–Crippen MR) is 83.9 cm³/mol. The Bertz CT molecular complexity index is 317. The van der Waals surface area contributed by atoms with Crippen LogP contribution in [0.3, 0.4) is 0 Å². The summed E-state index contributed by atoms with van der Waals surface area (Å²) in [7, 11) is 0. The van der Waals surface area contributed by atoms with Crippen molar-refractivity contribution in [2.45, 2.75) is 58.9 Å². The molecule has 1 aliphatic rings.